The van der Waals surface area contributed by atoms with Crippen molar-refractivity contribution in [3.05, 3.63) is 29.5 Å². The molecule has 0 aliphatic heterocycles. The Hall–Kier alpha value is -2.17. The number of H-pyrrole nitrogens is 1. The number of aromatic amines is 1. The van der Waals surface area contributed by atoms with Gasteiger partial charge in [-0.3, -0.25) is 0 Å². The van der Waals surface area contributed by atoms with E-state index in [0.29, 0.717) is 6.54 Å². The summed E-state index contributed by atoms with van der Waals surface area (Å²) in [6, 6.07) is 6.01. The lowest BCUT2D eigenvalue weighted by atomic mass is 10.1. The highest BCUT2D eigenvalue weighted by atomic mass is 16.5. The molecule has 1 aromatic carbocycles. The van der Waals surface area contributed by atoms with Gasteiger partial charge in [0, 0.05) is 29.2 Å². The van der Waals surface area contributed by atoms with Crippen LogP contribution >= 0.6 is 0 Å². The molecule has 0 saturated carbocycles. The maximum Gasteiger partial charge on any atom is 0.314 e. The fraction of sp³-hybridized carbons (Fsp3) is 0.438. The summed E-state index contributed by atoms with van der Waals surface area (Å²) in [7, 11) is 1.66. The van der Waals surface area contributed by atoms with Crippen molar-refractivity contribution in [3.8, 4) is 5.75 Å². The second-order valence-electron chi connectivity index (χ2n) is 5.45. The summed E-state index contributed by atoms with van der Waals surface area (Å²) in [5.74, 6) is 0.841. The van der Waals surface area contributed by atoms with Crippen molar-refractivity contribution in [1.29, 1.82) is 0 Å². The van der Waals surface area contributed by atoms with E-state index in [1.165, 1.54) is 5.56 Å². The van der Waals surface area contributed by atoms with Crippen LogP contribution in [0, 0.1) is 6.92 Å². The van der Waals surface area contributed by atoms with Crippen LogP contribution in [0.2, 0.25) is 0 Å². The zero-order valence-corrected chi connectivity index (χ0v) is 13.0. The Balaban J connectivity index is 2.07. The van der Waals surface area contributed by atoms with Crippen molar-refractivity contribution in [2.24, 2.45) is 0 Å². The van der Waals surface area contributed by atoms with Crippen molar-refractivity contribution in [2.75, 3.05) is 13.7 Å². The lowest BCUT2D eigenvalue weighted by molar-refractivity contribution is 0.238. The molecule has 5 heteroatoms. The van der Waals surface area contributed by atoms with Crippen molar-refractivity contribution >= 4 is 16.9 Å². The largest absolute Gasteiger partial charge is 0.497 e. The number of aryl methyl sites for hydroxylation is 1. The van der Waals surface area contributed by atoms with Gasteiger partial charge in [0.05, 0.1) is 7.11 Å². The van der Waals surface area contributed by atoms with Crippen LogP contribution in [-0.2, 0) is 6.42 Å². The fourth-order valence-corrected chi connectivity index (χ4v) is 2.42. The van der Waals surface area contributed by atoms with Gasteiger partial charge in [0.1, 0.15) is 5.75 Å². The third-order valence-corrected chi connectivity index (χ3v) is 3.41. The number of fused-ring (bicyclic) bond motifs is 1. The number of carbonyl (C=O) groups excluding carboxylic acids is 1. The number of carbonyl (C=O) groups is 1. The van der Waals surface area contributed by atoms with E-state index in [2.05, 4.69) is 22.5 Å². The maximum atomic E-state index is 11.6. The molecule has 0 fully saturated rings. The molecule has 3 N–H and O–H groups in total. The standard InChI is InChI=1S/C16H23N3O2/c1-10(2)18-16(20)17-8-7-13-11(3)19-15-6-5-12(21-4)9-14(13)15/h5-6,9-10,19H,7-8H2,1-4H3,(H2,17,18,20). The molecular weight excluding hydrogens is 266 g/mol. The quantitative estimate of drug-likeness (QED) is 0.792. The minimum atomic E-state index is -0.125. The number of hydrogen-bond acceptors (Lipinski definition) is 2. The molecule has 0 spiro atoms. The zero-order valence-electron chi connectivity index (χ0n) is 13.0. The van der Waals surface area contributed by atoms with E-state index in [1.54, 1.807) is 7.11 Å². The van der Waals surface area contributed by atoms with Gasteiger partial charge in [-0.15, -0.1) is 0 Å². The van der Waals surface area contributed by atoms with Gasteiger partial charge in [0.25, 0.3) is 0 Å². The van der Waals surface area contributed by atoms with Crippen LogP contribution in [-0.4, -0.2) is 30.7 Å². The van der Waals surface area contributed by atoms with E-state index in [4.69, 9.17) is 4.74 Å². The fourth-order valence-electron chi connectivity index (χ4n) is 2.42. The number of benzene rings is 1. The molecule has 0 bridgehead atoms. The van der Waals surface area contributed by atoms with E-state index in [1.807, 2.05) is 32.0 Å². The Morgan fingerprint density at radius 3 is 2.81 bits per heavy atom. The topological polar surface area (TPSA) is 66.1 Å². The number of urea groups is 1. The predicted octanol–water partition coefficient (Wildman–Crippen LogP) is 2.74. The Morgan fingerprint density at radius 1 is 1.38 bits per heavy atom. The lowest BCUT2D eigenvalue weighted by Gasteiger charge is -2.10. The zero-order chi connectivity index (χ0) is 15.4. The Labute approximate surface area is 125 Å². The van der Waals surface area contributed by atoms with E-state index < -0.39 is 0 Å². The van der Waals surface area contributed by atoms with E-state index in [9.17, 15) is 4.79 Å². The second-order valence-corrected chi connectivity index (χ2v) is 5.45. The Bertz CT molecular complexity index is 632. The molecule has 114 valence electrons. The molecule has 1 heterocycles. The second kappa shape index (κ2) is 6.52. The third kappa shape index (κ3) is 3.68. The third-order valence-electron chi connectivity index (χ3n) is 3.41. The number of aromatic nitrogens is 1. The first-order valence-electron chi connectivity index (χ1n) is 7.21. The maximum absolute atomic E-state index is 11.6. The number of methoxy groups -OCH3 is 1. The van der Waals surface area contributed by atoms with Crippen molar-refractivity contribution < 1.29 is 9.53 Å². The first kappa shape index (κ1) is 15.2. The lowest BCUT2D eigenvalue weighted by Crippen LogP contribution is -2.40. The highest BCUT2D eigenvalue weighted by Crippen LogP contribution is 2.26. The van der Waals surface area contributed by atoms with E-state index in [0.717, 1.165) is 28.8 Å². The first-order valence-corrected chi connectivity index (χ1v) is 7.21. The summed E-state index contributed by atoms with van der Waals surface area (Å²) < 4.78 is 5.28. The van der Waals surface area contributed by atoms with Gasteiger partial charge in [0.2, 0.25) is 0 Å². The molecule has 0 aliphatic carbocycles. The molecule has 2 rings (SSSR count). The predicted molar refractivity (Wildman–Crippen MR) is 85.0 cm³/mol. The molecular formula is C16H23N3O2. The smallest absolute Gasteiger partial charge is 0.314 e. The van der Waals surface area contributed by atoms with Gasteiger partial charge in [-0.05, 0) is 51.0 Å². The van der Waals surface area contributed by atoms with Crippen LogP contribution < -0.4 is 15.4 Å². The van der Waals surface area contributed by atoms with Gasteiger partial charge in [-0.2, -0.15) is 0 Å². The molecule has 0 aliphatic rings. The Kier molecular flexibility index (Phi) is 4.73. The summed E-state index contributed by atoms with van der Waals surface area (Å²) >= 11 is 0. The van der Waals surface area contributed by atoms with Gasteiger partial charge >= 0.3 is 6.03 Å². The Morgan fingerprint density at radius 2 is 2.14 bits per heavy atom. The molecule has 2 aromatic rings. The molecule has 0 unspecified atom stereocenters. The number of amides is 2. The monoisotopic (exact) mass is 289 g/mol. The van der Waals surface area contributed by atoms with Crippen LogP contribution in [0.3, 0.4) is 0 Å². The van der Waals surface area contributed by atoms with Gasteiger partial charge in [-0.25, -0.2) is 4.79 Å². The van der Waals surface area contributed by atoms with Crippen LogP contribution in [0.1, 0.15) is 25.1 Å². The van der Waals surface area contributed by atoms with Gasteiger partial charge < -0.3 is 20.4 Å². The molecule has 5 nitrogen and oxygen atoms in total. The minimum Gasteiger partial charge on any atom is -0.497 e. The molecule has 0 radical (unpaired) electrons. The first-order chi connectivity index (χ1) is 10.0. The minimum absolute atomic E-state index is 0.125. The normalized spacial score (nSPS) is 10.9. The van der Waals surface area contributed by atoms with Gasteiger partial charge in [-0.1, -0.05) is 0 Å². The van der Waals surface area contributed by atoms with Gasteiger partial charge in [0.15, 0.2) is 0 Å². The molecule has 21 heavy (non-hydrogen) atoms. The molecule has 2 amide bonds. The van der Waals surface area contributed by atoms with Crippen molar-refractivity contribution in [1.82, 2.24) is 15.6 Å². The summed E-state index contributed by atoms with van der Waals surface area (Å²) in [6.45, 7) is 6.53. The summed E-state index contributed by atoms with van der Waals surface area (Å²) in [5.41, 5.74) is 3.44. The summed E-state index contributed by atoms with van der Waals surface area (Å²) in [4.78, 5) is 14.9. The van der Waals surface area contributed by atoms with Crippen LogP contribution in [0.25, 0.3) is 10.9 Å². The number of nitrogens with one attached hydrogen (secondary N) is 3. The van der Waals surface area contributed by atoms with E-state index in [-0.39, 0.29) is 12.1 Å². The SMILES string of the molecule is COc1ccc2[nH]c(C)c(CCNC(=O)NC(C)C)c2c1. The highest BCUT2D eigenvalue weighted by molar-refractivity contribution is 5.86. The van der Waals surface area contributed by atoms with Crippen LogP contribution in [0.5, 0.6) is 5.75 Å². The molecule has 0 saturated heterocycles. The average Bonchev–Trinajstić information content (AvgIpc) is 2.73. The molecule has 1 aromatic heterocycles. The van der Waals surface area contributed by atoms with Crippen molar-refractivity contribution in [3.63, 3.8) is 0 Å². The number of rotatable bonds is 5. The van der Waals surface area contributed by atoms with E-state index >= 15 is 0 Å². The summed E-state index contributed by atoms with van der Waals surface area (Å²) in [5, 5.41) is 6.84. The van der Waals surface area contributed by atoms with Crippen LogP contribution in [0.4, 0.5) is 4.79 Å². The van der Waals surface area contributed by atoms with Crippen LogP contribution in [0.15, 0.2) is 18.2 Å². The average molecular weight is 289 g/mol. The number of ether oxygens (including phenoxy) is 1. The highest BCUT2D eigenvalue weighted by Gasteiger charge is 2.10. The number of hydrogen-bond donors (Lipinski definition) is 3. The molecule has 0 atom stereocenters. The summed E-state index contributed by atoms with van der Waals surface area (Å²) in [6.07, 6.45) is 0.782. The van der Waals surface area contributed by atoms with Crippen molar-refractivity contribution in [2.45, 2.75) is 33.2 Å².